The third-order valence-electron chi connectivity index (χ3n) is 3.89. The minimum atomic E-state index is -0.477. The van der Waals surface area contributed by atoms with Gasteiger partial charge >= 0.3 is 5.97 Å². The zero-order valence-corrected chi connectivity index (χ0v) is 13.9. The number of benzene rings is 2. The molecular weight excluding hydrogens is 304 g/mol. The molecule has 0 amide bonds. The quantitative estimate of drug-likeness (QED) is 0.626. The fourth-order valence-corrected chi connectivity index (χ4v) is 2.38. The van der Waals surface area contributed by atoms with Gasteiger partial charge in [0.1, 0.15) is 6.10 Å². The molecule has 0 saturated carbocycles. The van der Waals surface area contributed by atoms with Crippen molar-refractivity contribution in [1.82, 2.24) is 0 Å². The number of hydrogen-bond acceptors (Lipinski definition) is 4. The molecular formula is C20H22O4. The molecule has 4 nitrogen and oxygen atoms in total. The zero-order valence-electron chi connectivity index (χ0n) is 13.9. The van der Waals surface area contributed by atoms with Crippen LogP contribution in [0, 0.1) is 0 Å². The van der Waals surface area contributed by atoms with E-state index in [9.17, 15) is 9.59 Å². The van der Waals surface area contributed by atoms with Gasteiger partial charge in [0.05, 0.1) is 5.92 Å². The van der Waals surface area contributed by atoms with Gasteiger partial charge in [-0.1, -0.05) is 48.5 Å². The van der Waals surface area contributed by atoms with Crippen LogP contribution in [-0.4, -0.2) is 29.6 Å². The Morgan fingerprint density at radius 2 is 1.67 bits per heavy atom. The van der Waals surface area contributed by atoms with Gasteiger partial charge in [0, 0.05) is 24.2 Å². The first-order chi connectivity index (χ1) is 11.5. The smallest absolute Gasteiger partial charge is 0.313 e. The Balaban J connectivity index is 2.15. The largest absolute Gasteiger partial charge is 0.462 e. The molecule has 126 valence electrons. The maximum absolute atomic E-state index is 12.5. The summed E-state index contributed by atoms with van der Waals surface area (Å²) in [6, 6.07) is 16.1. The molecule has 0 saturated heterocycles. The van der Waals surface area contributed by atoms with Crippen LogP contribution in [0.15, 0.2) is 54.6 Å². The van der Waals surface area contributed by atoms with Gasteiger partial charge in [-0.2, -0.15) is 0 Å². The van der Waals surface area contributed by atoms with Gasteiger partial charge in [0.15, 0.2) is 5.78 Å². The normalized spacial score (nSPS) is 13.1. The van der Waals surface area contributed by atoms with Gasteiger partial charge in [-0.05, 0) is 25.5 Å². The van der Waals surface area contributed by atoms with Crippen LogP contribution in [-0.2, 0) is 9.53 Å². The van der Waals surface area contributed by atoms with E-state index in [-0.39, 0.29) is 24.5 Å². The molecule has 2 rings (SSSR count). The van der Waals surface area contributed by atoms with Crippen LogP contribution >= 0.6 is 0 Å². The predicted molar refractivity (Wildman–Crippen MR) is 92.0 cm³/mol. The third kappa shape index (κ3) is 4.52. The van der Waals surface area contributed by atoms with Gasteiger partial charge in [0.25, 0.3) is 0 Å². The highest BCUT2D eigenvalue weighted by molar-refractivity contribution is 6.09. The molecule has 2 atom stereocenters. The predicted octanol–water partition coefficient (Wildman–Crippen LogP) is 3.34. The molecule has 0 bridgehead atoms. The minimum Gasteiger partial charge on any atom is -0.462 e. The Labute approximate surface area is 142 Å². The number of hydrogen-bond donors (Lipinski definition) is 1. The van der Waals surface area contributed by atoms with Gasteiger partial charge in [-0.3, -0.25) is 9.59 Å². The number of rotatable bonds is 7. The Kier molecular flexibility index (Phi) is 6.27. The van der Waals surface area contributed by atoms with Crippen LogP contribution in [0.2, 0.25) is 0 Å². The number of aliphatic hydroxyl groups is 1. The summed E-state index contributed by atoms with van der Waals surface area (Å²) in [5.41, 5.74) is 1.89. The lowest BCUT2D eigenvalue weighted by Gasteiger charge is -2.16. The van der Waals surface area contributed by atoms with E-state index < -0.39 is 5.92 Å². The molecule has 1 N–H and O–H groups in total. The molecule has 24 heavy (non-hydrogen) atoms. The molecule has 0 aliphatic rings. The summed E-state index contributed by atoms with van der Waals surface area (Å²) in [4.78, 5) is 24.7. The van der Waals surface area contributed by atoms with Crippen molar-refractivity contribution in [1.29, 1.82) is 0 Å². The first kappa shape index (κ1) is 17.9. The molecule has 0 spiro atoms. The molecule has 0 aromatic heterocycles. The Morgan fingerprint density at radius 1 is 1.00 bits per heavy atom. The molecule has 0 aliphatic carbocycles. The first-order valence-corrected chi connectivity index (χ1v) is 8.04. The summed E-state index contributed by atoms with van der Waals surface area (Å²) in [6.45, 7) is 3.47. The number of esters is 1. The summed E-state index contributed by atoms with van der Waals surface area (Å²) in [5.74, 6) is -0.915. The van der Waals surface area contributed by atoms with Crippen molar-refractivity contribution in [3.05, 3.63) is 71.3 Å². The van der Waals surface area contributed by atoms with Crippen molar-refractivity contribution < 1.29 is 19.4 Å². The van der Waals surface area contributed by atoms with Crippen LogP contribution in [0.4, 0.5) is 0 Å². The summed E-state index contributed by atoms with van der Waals surface area (Å²) in [5, 5.41) is 8.88. The average Bonchev–Trinajstić information content (AvgIpc) is 2.61. The molecule has 0 heterocycles. The van der Waals surface area contributed by atoms with Crippen molar-refractivity contribution in [2.45, 2.75) is 32.3 Å². The van der Waals surface area contributed by atoms with Gasteiger partial charge in [-0.15, -0.1) is 0 Å². The molecule has 2 aromatic carbocycles. The Morgan fingerprint density at radius 3 is 2.33 bits per heavy atom. The van der Waals surface area contributed by atoms with Crippen molar-refractivity contribution in [3.8, 4) is 0 Å². The van der Waals surface area contributed by atoms with Crippen molar-refractivity contribution in [2.24, 2.45) is 0 Å². The van der Waals surface area contributed by atoms with Gasteiger partial charge in [-0.25, -0.2) is 0 Å². The fraction of sp³-hybridized carbons (Fsp3) is 0.300. The van der Waals surface area contributed by atoms with Crippen LogP contribution in [0.3, 0.4) is 0 Å². The lowest BCUT2D eigenvalue weighted by molar-refractivity contribution is -0.150. The topological polar surface area (TPSA) is 63.6 Å². The zero-order chi connectivity index (χ0) is 17.5. The summed E-state index contributed by atoms with van der Waals surface area (Å²) < 4.78 is 5.31. The van der Waals surface area contributed by atoms with E-state index in [1.54, 1.807) is 44.2 Å². The first-order valence-electron chi connectivity index (χ1n) is 8.04. The Bertz CT molecular complexity index is 694. The minimum absolute atomic E-state index is 0.0239. The van der Waals surface area contributed by atoms with Gasteiger partial charge in [0.2, 0.25) is 0 Å². The number of ketones is 1. The van der Waals surface area contributed by atoms with Crippen LogP contribution < -0.4 is 0 Å². The second-order valence-corrected chi connectivity index (χ2v) is 5.80. The maximum atomic E-state index is 12.5. The van der Waals surface area contributed by atoms with Crippen molar-refractivity contribution >= 4 is 11.8 Å². The molecule has 0 aliphatic heterocycles. The van der Waals surface area contributed by atoms with E-state index in [1.807, 2.05) is 24.3 Å². The number of carbonyl (C=O) groups is 2. The van der Waals surface area contributed by atoms with Gasteiger partial charge < -0.3 is 9.84 Å². The molecule has 2 unspecified atom stereocenters. The van der Waals surface area contributed by atoms with Crippen LogP contribution in [0.25, 0.3) is 0 Å². The molecule has 0 fully saturated rings. The SMILES string of the molecule is CC(CCO)OC(=O)C(C)c1cccc(C(=O)c2ccccc2)c1. The second kappa shape index (κ2) is 8.41. The van der Waals surface area contributed by atoms with E-state index in [0.29, 0.717) is 17.5 Å². The summed E-state index contributed by atoms with van der Waals surface area (Å²) in [6.07, 6.45) is 0.0735. The highest BCUT2D eigenvalue weighted by Crippen LogP contribution is 2.21. The van der Waals surface area contributed by atoms with Crippen molar-refractivity contribution in [3.63, 3.8) is 0 Å². The average molecular weight is 326 g/mol. The lowest BCUT2D eigenvalue weighted by Crippen LogP contribution is -2.20. The van der Waals surface area contributed by atoms with E-state index in [4.69, 9.17) is 9.84 Å². The summed E-state index contributed by atoms with van der Waals surface area (Å²) in [7, 11) is 0. The Hall–Kier alpha value is -2.46. The van der Waals surface area contributed by atoms with Crippen LogP contribution in [0.1, 0.15) is 47.7 Å². The number of ether oxygens (including phenoxy) is 1. The highest BCUT2D eigenvalue weighted by atomic mass is 16.5. The van der Waals surface area contributed by atoms with Crippen LogP contribution in [0.5, 0.6) is 0 Å². The lowest BCUT2D eigenvalue weighted by atomic mass is 9.96. The maximum Gasteiger partial charge on any atom is 0.313 e. The van der Waals surface area contributed by atoms with Crippen molar-refractivity contribution in [2.75, 3.05) is 6.61 Å². The molecule has 0 radical (unpaired) electrons. The van der Waals surface area contributed by atoms with E-state index in [1.165, 1.54) is 0 Å². The number of carbonyl (C=O) groups excluding carboxylic acids is 2. The monoisotopic (exact) mass is 326 g/mol. The highest BCUT2D eigenvalue weighted by Gasteiger charge is 2.20. The fourth-order valence-electron chi connectivity index (χ4n) is 2.38. The summed E-state index contributed by atoms with van der Waals surface area (Å²) >= 11 is 0. The van der Waals surface area contributed by atoms with E-state index >= 15 is 0 Å². The van der Waals surface area contributed by atoms with E-state index in [2.05, 4.69) is 0 Å². The van der Waals surface area contributed by atoms with E-state index in [0.717, 1.165) is 5.56 Å². The number of aliphatic hydroxyl groups excluding tert-OH is 1. The third-order valence-corrected chi connectivity index (χ3v) is 3.89. The molecule has 4 heteroatoms. The standard InChI is InChI=1S/C20H22O4/c1-14(11-12-21)24-20(23)15(2)17-9-6-10-18(13-17)19(22)16-7-4-3-5-8-16/h3-10,13-15,21H,11-12H2,1-2H3. The molecule has 2 aromatic rings. The second-order valence-electron chi connectivity index (χ2n) is 5.80.